The second-order valence-electron chi connectivity index (χ2n) is 1.54. The van der Waals surface area contributed by atoms with E-state index in [-0.39, 0.29) is 0 Å². The number of hydrogen-bond donors (Lipinski definition) is 0. The average Bonchev–Trinajstić information content (AvgIpc) is 2.43. The van der Waals surface area contributed by atoms with Gasteiger partial charge in [-0.05, 0) is 0 Å². The molecule has 0 aromatic heterocycles. The summed E-state index contributed by atoms with van der Waals surface area (Å²) in [5.41, 5.74) is 0. The van der Waals surface area contributed by atoms with E-state index in [1.807, 2.05) is 23.9 Å². The van der Waals surface area contributed by atoms with Crippen LogP contribution in [0.2, 0.25) is 0 Å². The maximum Gasteiger partial charge on any atom is 0.0385 e. The predicted molar refractivity (Wildman–Crippen MR) is 35.6 cm³/mol. The van der Waals surface area contributed by atoms with E-state index in [0.717, 1.165) is 0 Å². The highest BCUT2D eigenvalue weighted by Crippen LogP contribution is 2.42. The minimum Gasteiger partial charge on any atom is -0.144 e. The molecule has 2 atom stereocenters. The van der Waals surface area contributed by atoms with E-state index in [0.29, 0.717) is 10.5 Å². The summed E-state index contributed by atoms with van der Waals surface area (Å²) in [5.74, 6) is 0. The molecule has 0 aromatic carbocycles. The van der Waals surface area contributed by atoms with Gasteiger partial charge in [0.25, 0.3) is 0 Å². The summed E-state index contributed by atoms with van der Waals surface area (Å²) in [6.07, 6.45) is 3.94. The zero-order valence-electron chi connectivity index (χ0n) is 4.13. The van der Waals surface area contributed by atoms with Gasteiger partial charge in [-0.1, -0.05) is 12.2 Å². The maximum atomic E-state index is 3.65. The fourth-order valence-electron chi connectivity index (χ4n) is 0.515. The van der Waals surface area contributed by atoms with Gasteiger partial charge in [0.05, 0.1) is 0 Å². The summed E-state index contributed by atoms with van der Waals surface area (Å²) < 4.78 is 0. The molecule has 1 aliphatic heterocycles. The maximum absolute atomic E-state index is 3.65. The largest absolute Gasteiger partial charge is 0.144 e. The van der Waals surface area contributed by atoms with Crippen molar-refractivity contribution < 1.29 is 0 Å². The lowest BCUT2D eigenvalue weighted by Gasteiger charge is -1.71. The van der Waals surface area contributed by atoms with Crippen LogP contribution in [0.1, 0.15) is 0 Å². The Labute approximate surface area is 48.3 Å². The predicted octanol–water partition coefficient (Wildman–Crippen LogP) is 1.84. The van der Waals surface area contributed by atoms with Gasteiger partial charge in [0.1, 0.15) is 0 Å². The molecule has 0 saturated carbocycles. The Bertz CT molecular complexity index is 84.4. The van der Waals surface area contributed by atoms with Gasteiger partial charge in [-0.2, -0.15) is 0 Å². The van der Waals surface area contributed by atoms with E-state index in [4.69, 9.17) is 0 Å². The third kappa shape index (κ3) is 0.885. The van der Waals surface area contributed by atoms with Crippen LogP contribution in [0.25, 0.3) is 0 Å². The van der Waals surface area contributed by atoms with E-state index < -0.39 is 0 Å². The molecular formula is C6H8S. The molecule has 38 valence electrons. The van der Waals surface area contributed by atoms with Crippen molar-refractivity contribution in [2.45, 2.75) is 10.5 Å². The van der Waals surface area contributed by atoms with Crippen LogP contribution in [0.15, 0.2) is 25.3 Å². The average molecular weight is 112 g/mol. The molecule has 1 aliphatic rings. The molecule has 1 rings (SSSR count). The summed E-state index contributed by atoms with van der Waals surface area (Å²) >= 11 is 1.90. The summed E-state index contributed by atoms with van der Waals surface area (Å²) in [6, 6.07) is 0. The molecule has 7 heavy (non-hydrogen) atoms. The first-order chi connectivity index (χ1) is 3.38. The van der Waals surface area contributed by atoms with Gasteiger partial charge in [0.2, 0.25) is 0 Å². The van der Waals surface area contributed by atoms with Crippen LogP contribution < -0.4 is 0 Å². The van der Waals surface area contributed by atoms with Crippen LogP contribution in [-0.2, 0) is 0 Å². The van der Waals surface area contributed by atoms with Crippen molar-refractivity contribution in [3.8, 4) is 0 Å². The SMILES string of the molecule is C=C[C@@H]1S[C@@H]1C=C. The molecule has 0 spiro atoms. The monoisotopic (exact) mass is 112 g/mol. The van der Waals surface area contributed by atoms with Crippen molar-refractivity contribution in [1.29, 1.82) is 0 Å². The van der Waals surface area contributed by atoms with Crippen LogP contribution in [0.4, 0.5) is 0 Å². The van der Waals surface area contributed by atoms with Gasteiger partial charge < -0.3 is 0 Å². The van der Waals surface area contributed by atoms with Crippen molar-refractivity contribution in [2.24, 2.45) is 0 Å². The van der Waals surface area contributed by atoms with Gasteiger partial charge in [0.15, 0.2) is 0 Å². The summed E-state index contributed by atoms with van der Waals surface area (Å²) in [4.78, 5) is 0. The van der Waals surface area contributed by atoms with Crippen LogP contribution in [0.5, 0.6) is 0 Å². The molecule has 1 heterocycles. The molecule has 0 bridgehead atoms. The zero-order valence-corrected chi connectivity index (χ0v) is 4.95. The normalized spacial score (nSPS) is 37.1. The van der Waals surface area contributed by atoms with Crippen molar-refractivity contribution in [3.05, 3.63) is 25.3 Å². The van der Waals surface area contributed by atoms with Crippen molar-refractivity contribution in [1.82, 2.24) is 0 Å². The lowest BCUT2D eigenvalue weighted by Crippen LogP contribution is -1.79. The van der Waals surface area contributed by atoms with Gasteiger partial charge >= 0.3 is 0 Å². The van der Waals surface area contributed by atoms with Crippen LogP contribution >= 0.6 is 11.8 Å². The molecule has 1 heteroatoms. The fraction of sp³-hybridized carbons (Fsp3) is 0.333. The molecule has 0 aliphatic carbocycles. The zero-order chi connectivity index (χ0) is 5.28. The minimum absolute atomic E-state index is 0.678. The van der Waals surface area contributed by atoms with Gasteiger partial charge in [-0.3, -0.25) is 0 Å². The molecular weight excluding hydrogens is 104 g/mol. The smallest absolute Gasteiger partial charge is 0.0385 e. The third-order valence-corrected chi connectivity index (χ3v) is 2.31. The Morgan fingerprint density at radius 1 is 1.14 bits per heavy atom. The Morgan fingerprint density at radius 3 is 1.71 bits per heavy atom. The first-order valence-corrected chi connectivity index (χ1v) is 3.23. The highest BCUT2D eigenvalue weighted by molar-refractivity contribution is 8.08. The molecule has 0 radical (unpaired) electrons. The Hall–Kier alpha value is -0.170. The van der Waals surface area contributed by atoms with E-state index in [1.165, 1.54) is 0 Å². The molecule has 0 amide bonds. The standard InChI is InChI=1S/C6H8S/c1-3-5-6(4-2)7-5/h3-6H,1-2H2/t5-,6+. The molecule has 1 fully saturated rings. The fourth-order valence-corrected chi connectivity index (χ4v) is 1.23. The summed E-state index contributed by atoms with van der Waals surface area (Å²) in [5, 5.41) is 1.36. The summed E-state index contributed by atoms with van der Waals surface area (Å²) in [6.45, 7) is 7.30. The van der Waals surface area contributed by atoms with Gasteiger partial charge in [-0.15, -0.1) is 24.9 Å². The Kier molecular flexibility index (Phi) is 1.24. The van der Waals surface area contributed by atoms with E-state index in [9.17, 15) is 0 Å². The lowest BCUT2D eigenvalue weighted by atomic mass is 10.3. The molecule has 1 saturated heterocycles. The van der Waals surface area contributed by atoms with Crippen LogP contribution in [-0.4, -0.2) is 10.5 Å². The van der Waals surface area contributed by atoms with Crippen LogP contribution in [0, 0.1) is 0 Å². The highest BCUT2D eigenvalue weighted by atomic mass is 32.2. The quantitative estimate of drug-likeness (QED) is 0.388. The number of thioether (sulfide) groups is 1. The minimum atomic E-state index is 0.678. The summed E-state index contributed by atoms with van der Waals surface area (Å²) in [7, 11) is 0. The van der Waals surface area contributed by atoms with E-state index >= 15 is 0 Å². The molecule has 0 N–H and O–H groups in total. The Morgan fingerprint density at radius 2 is 1.57 bits per heavy atom. The van der Waals surface area contributed by atoms with Gasteiger partial charge in [-0.25, -0.2) is 0 Å². The van der Waals surface area contributed by atoms with Crippen molar-refractivity contribution >= 4 is 11.8 Å². The second kappa shape index (κ2) is 1.74. The molecule has 0 nitrogen and oxygen atoms in total. The first kappa shape index (κ1) is 4.98. The van der Waals surface area contributed by atoms with E-state index in [1.54, 1.807) is 0 Å². The topological polar surface area (TPSA) is 0 Å². The lowest BCUT2D eigenvalue weighted by molar-refractivity contribution is 1.24. The van der Waals surface area contributed by atoms with E-state index in [2.05, 4.69) is 13.2 Å². The van der Waals surface area contributed by atoms with Crippen molar-refractivity contribution in [3.63, 3.8) is 0 Å². The Balaban J connectivity index is 2.30. The number of hydrogen-bond acceptors (Lipinski definition) is 1. The number of rotatable bonds is 2. The highest BCUT2D eigenvalue weighted by Gasteiger charge is 2.31. The third-order valence-electron chi connectivity index (χ3n) is 1.03. The second-order valence-corrected chi connectivity index (χ2v) is 2.90. The molecule has 0 aromatic rings. The first-order valence-electron chi connectivity index (χ1n) is 2.29. The molecule has 0 unspecified atom stereocenters. The van der Waals surface area contributed by atoms with Crippen LogP contribution in [0.3, 0.4) is 0 Å². The van der Waals surface area contributed by atoms with Gasteiger partial charge in [0, 0.05) is 10.5 Å². The van der Waals surface area contributed by atoms with Crippen molar-refractivity contribution in [2.75, 3.05) is 0 Å².